The maximum absolute atomic E-state index is 12.0. The van der Waals surface area contributed by atoms with E-state index in [1.54, 1.807) is 4.90 Å². The minimum Gasteiger partial charge on any atom is -0.444 e. The summed E-state index contributed by atoms with van der Waals surface area (Å²) in [6.45, 7) is 11.4. The van der Waals surface area contributed by atoms with Crippen LogP contribution in [0.3, 0.4) is 0 Å². The number of hydrogen-bond donors (Lipinski definition) is 1. The molecule has 0 bridgehead atoms. The minimum atomic E-state index is -4.64. The molecule has 4 fully saturated rings. The van der Waals surface area contributed by atoms with Gasteiger partial charge in [0.15, 0.2) is 0 Å². The number of alkyl halides is 3. The minimum absolute atomic E-state index is 0. The lowest BCUT2D eigenvalue weighted by Gasteiger charge is -2.27. The van der Waals surface area contributed by atoms with Crippen molar-refractivity contribution in [3.63, 3.8) is 0 Å². The van der Waals surface area contributed by atoms with Crippen LogP contribution in [0.5, 0.6) is 0 Å². The fourth-order valence-corrected chi connectivity index (χ4v) is 3.08. The molecule has 0 aromatic carbocycles. The van der Waals surface area contributed by atoms with E-state index in [0.717, 1.165) is 39.1 Å². The Labute approximate surface area is 224 Å². The zero-order valence-electron chi connectivity index (χ0n) is 21.2. The van der Waals surface area contributed by atoms with Crippen LogP contribution in [0, 0.1) is 0 Å². The molecule has 220 valence electrons. The number of aldehydes is 1. The largest absolute Gasteiger partial charge is 0.446 e. The summed E-state index contributed by atoms with van der Waals surface area (Å²) in [6.07, 6.45) is -0.0399. The SMILES string of the molecule is C.C1COCC(OC2CC2)CN1.CC(C)(C)OC(=O)N1CCOCC(OC2CC2)C1.Cl.O=CC(F)(F)F. The molecule has 0 radical (unpaired) electrons. The summed E-state index contributed by atoms with van der Waals surface area (Å²) < 4.78 is 59.0. The third kappa shape index (κ3) is 18.7. The van der Waals surface area contributed by atoms with Crippen molar-refractivity contribution < 1.29 is 46.4 Å². The molecule has 13 heteroatoms. The van der Waals surface area contributed by atoms with Gasteiger partial charge in [0.1, 0.15) is 5.60 Å². The Morgan fingerprint density at radius 2 is 1.46 bits per heavy atom. The van der Waals surface area contributed by atoms with Crippen LogP contribution in [-0.2, 0) is 28.5 Å². The summed E-state index contributed by atoms with van der Waals surface area (Å²) in [4.78, 5) is 22.4. The van der Waals surface area contributed by atoms with Crippen LogP contribution in [0.2, 0.25) is 0 Å². The van der Waals surface area contributed by atoms with Gasteiger partial charge in [0.25, 0.3) is 0 Å². The van der Waals surface area contributed by atoms with Crippen LogP contribution in [0.1, 0.15) is 53.9 Å². The molecular formula is C24H44ClF3N2O7. The highest BCUT2D eigenvalue weighted by atomic mass is 35.5. The lowest BCUT2D eigenvalue weighted by molar-refractivity contribution is -0.156. The summed E-state index contributed by atoms with van der Waals surface area (Å²) in [7, 11) is 0. The average molecular weight is 565 g/mol. The molecule has 2 saturated heterocycles. The molecule has 4 aliphatic rings. The lowest BCUT2D eigenvalue weighted by Crippen LogP contribution is -2.42. The summed E-state index contributed by atoms with van der Waals surface area (Å²) in [5.41, 5.74) is -0.461. The van der Waals surface area contributed by atoms with Crippen LogP contribution < -0.4 is 5.32 Å². The van der Waals surface area contributed by atoms with Crippen molar-refractivity contribution in [1.29, 1.82) is 0 Å². The zero-order chi connectivity index (χ0) is 25.9. The van der Waals surface area contributed by atoms with E-state index in [-0.39, 0.29) is 32.0 Å². The second kappa shape index (κ2) is 17.4. The highest BCUT2D eigenvalue weighted by Gasteiger charge is 2.31. The van der Waals surface area contributed by atoms with Gasteiger partial charge >= 0.3 is 12.3 Å². The van der Waals surface area contributed by atoms with Crippen LogP contribution in [-0.4, -0.2) is 106 Å². The zero-order valence-corrected chi connectivity index (χ0v) is 22.0. The van der Waals surface area contributed by atoms with Crippen molar-refractivity contribution in [1.82, 2.24) is 10.2 Å². The quantitative estimate of drug-likeness (QED) is 0.516. The smallest absolute Gasteiger partial charge is 0.444 e. The number of hydrogen-bond acceptors (Lipinski definition) is 8. The van der Waals surface area contributed by atoms with Crippen LogP contribution in [0.15, 0.2) is 0 Å². The predicted molar refractivity (Wildman–Crippen MR) is 134 cm³/mol. The first-order chi connectivity index (χ1) is 16.4. The van der Waals surface area contributed by atoms with Crippen molar-refractivity contribution in [2.24, 2.45) is 0 Å². The molecule has 9 nitrogen and oxygen atoms in total. The Morgan fingerprint density at radius 1 is 0.946 bits per heavy atom. The molecule has 37 heavy (non-hydrogen) atoms. The summed E-state index contributed by atoms with van der Waals surface area (Å²) in [5, 5.41) is 3.28. The molecule has 2 saturated carbocycles. The normalized spacial score (nSPS) is 24.2. The average Bonchev–Trinajstić information content (AvgIpc) is 3.63. The number of carbonyl (C=O) groups excluding carboxylic acids is 2. The standard InChI is InChI=1S/C13H23NO4.C8H15NO2.C2HF3O.CH4.ClH/c1-13(2,3)18-12(15)14-6-7-16-9-11(8-14)17-10-4-5-10;1-2-7(1)11-8-5-9-3-4-10-6-8;3-2(4,5)1-6;;/h10-11H,4-9H2,1-3H3;7-9H,1-6H2;1H;1H4;1H. The van der Waals surface area contributed by atoms with Crippen LogP contribution >= 0.6 is 12.4 Å². The van der Waals surface area contributed by atoms with Gasteiger partial charge in [-0.05, 0) is 46.5 Å². The van der Waals surface area contributed by atoms with Gasteiger partial charge in [-0.1, -0.05) is 7.43 Å². The number of ether oxygens (including phenoxy) is 5. The molecule has 0 spiro atoms. The predicted octanol–water partition coefficient (Wildman–Crippen LogP) is 3.76. The fraction of sp³-hybridized carbons (Fsp3) is 0.917. The highest BCUT2D eigenvalue weighted by Crippen LogP contribution is 2.26. The summed E-state index contributed by atoms with van der Waals surface area (Å²) >= 11 is 0. The first-order valence-electron chi connectivity index (χ1n) is 12.1. The lowest BCUT2D eigenvalue weighted by atomic mass is 10.2. The van der Waals surface area contributed by atoms with E-state index in [2.05, 4.69) is 5.32 Å². The summed E-state index contributed by atoms with van der Waals surface area (Å²) in [5.74, 6) is 0. The Kier molecular flexibility index (Phi) is 16.9. The molecule has 4 rings (SSSR count). The van der Waals surface area contributed by atoms with E-state index in [9.17, 15) is 18.0 Å². The van der Waals surface area contributed by atoms with Gasteiger partial charge in [-0.2, -0.15) is 13.2 Å². The molecule has 2 aliphatic heterocycles. The third-order valence-corrected chi connectivity index (χ3v) is 4.94. The molecule has 2 aliphatic carbocycles. The molecule has 2 atom stereocenters. The maximum atomic E-state index is 12.0. The Balaban J connectivity index is 0.000000584. The molecular weight excluding hydrogens is 521 g/mol. The van der Waals surface area contributed by atoms with Gasteiger partial charge in [0, 0.05) is 19.6 Å². The Morgan fingerprint density at radius 3 is 1.97 bits per heavy atom. The van der Waals surface area contributed by atoms with Gasteiger partial charge in [0.05, 0.1) is 57.4 Å². The van der Waals surface area contributed by atoms with E-state index >= 15 is 0 Å². The van der Waals surface area contributed by atoms with E-state index in [1.165, 1.54) is 12.8 Å². The molecule has 2 unspecified atom stereocenters. The van der Waals surface area contributed by atoms with E-state index in [0.29, 0.717) is 44.6 Å². The van der Waals surface area contributed by atoms with E-state index in [4.69, 9.17) is 28.5 Å². The van der Waals surface area contributed by atoms with Crippen molar-refractivity contribution >= 4 is 24.8 Å². The third-order valence-electron chi connectivity index (χ3n) is 4.94. The first-order valence-corrected chi connectivity index (χ1v) is 12.1. The van der Waals surface area contributed by atoms with Crippen LogP contribution in [0.4, 0.5) is 18.0 Å². The van der Waals surface area contributed by atoms with Gasteiger partial charge in [-0.15, -0.1) is 12.4 Å². The molecule has 2 heterocycles. The van der Waals surface area contributed by atoms with Gasteiger partial charge in [0.2, 0.25) is 6.29 Å². The maximum Gasteiger partial charge on any atom is 0.446 e. The second-order valence-electron chi connectivity index (χ2n) is 9.85. The number of carbonyl (C=O) groups is 2. The Bertz CT molecular complexity index is 637. The van der Waals surface area contributed by atoms with Crippen molar-refractivity contribution in [3.8, 4) is 0 Å². The van der Waals surface area contributed by atoms with Gasteiger partial charge in [-0.3, -0.25) is 4.79 Å². The van der Waals surface area contributed by atoms with Gasteiger partial charge in [-0.25, -0.2) is 4.79 Å². The van der Waals surface area contributed by atoms with Crippen molar-refractivity contribution in [3.05, 3.63) is 0 Å². The Hall–Kier alpha value is -1.18. The molecule has 0 aromatic rings. The molecule has 0 aromatic heterocycles. The number of halogens is 4. The molecule has 1 amide bonds. The highest BCUT2D eigenvalue weighted by molar-refractivity contribution is 5.85. The molecule has 1 N–H and O–H groups in total. The number of nitrogens with zero attached hydrogens (tertiary/aromatic N) is 1. The van der Waals surface area contributed by atoms with Crippen molar-refractivity contribution in [2.45, 2.75) is 90.1 Å². The number of rotatable bonds is 4. The number of nitrogens with one attached hydrogen (secondary N) is 1. The van der Waals surface area contributed by atoms with E-state index in [1.807, 2.05) is 20.8 Å². The monoisotopic (exact) mass is 564 g/mol. The summed E-state index contributed by atoms with van der Waals surface area (Å²) in [6, 6.07) is 0. The van der Waals surface area contributed by atoms with E-state index < -0.39 is 18.1 Å². The van der Waals surface area contributed by atoms with Gasteiger partial charge < -0.3 is 33.9 Å². The van der Waals surface area contributed by atoms with Crippen LogP contribution in [0.25, 0.3) is 0 Å². The van der Waals surface area contributed by atoms with Crippen molar-refractivity contribution in [2.75, 3.05) is 52.6 Å². The first kappa shape index (κ1) is 35.8. The second-order valence-corrected chi connectivity index (χ2v) is 9.85. The topological polar surface area (TPSA) is 95.6 Å². The fourth-order valence-electron chi connectivity index (χ4n) is 3.08. The number of amides is 1.